The quantitative estimate of drug-likeness (QED) is 0.0559. The molecule has 374 valence electrons. The molecule has 18 nitrogen and oxygen atoms in total. The summed E-state index contributed by atoms with van der Waals surface area (Å²) in [6, 6.07) is 35.3. The Morgan fingerprint density at radius 1 is 0.581 bits per heavy atom. The number of carbonyl (C=O) groups excluding carboxylic acids is 3. The first-order valence-electron chi connectivity index (χ1n) is 24.0. The average Bonchev–Trinajstić information content (AvgIpc) is 3.37. The van der Waals surface area contributed by atoms with Gasteiger partial charge in [-0.3, -0.25) is 19.6 Å². The lowest BCUT2D eigenvalue weighted by Crippen LogP contribution is -2.57. The lowest BCUT2D eigenvalue weighted by Gasteiger charge is -2.40. The van der Waals surface area contributed by atoms with E-state index < -0.39 is 5.60 Å². The van der Waals surface area contributed by atoms with Gasteiger partial charge in [0.1, 0.15) is 16.6 Å². The molecule has 2 fully saturated rings. The number of benzene rings is 4. The fourth-order valence-electron chi connectivity index (χ4n) is 8.19. The van der Waals surface area contributed by atoms with Crippen LogP contribution in [0.15, 0.2) is 159 Å². The van der Waals surface area contributed by atoms with Gasteiger partial charge in [0.05, 0.1) is 23.5 Å². The van der Waals surface area contributed by atoms with Gasteiger partial charge in [0.15, 0.2) is 0 Å². The molecule has 18 heteroatoms. The summed E-state index contributed by atoms with van der Waals surface area (Å²) in [5.41, 5.74) is 9.03. The van der Waals surface area contributed by atoms with Crippen molar-refractivity contribution >= 4 is 85.7 Å². The molecule has 0 unspecified atom stereocenters. The topological polar surface area (TPSA) is 216 Å². The van der Waals surface area contributed by atoms with E-state index in [1.54, 1.807) is 35.8 Å². The number of carbonyl (C=O) groups is 3. The molecule has 0 saturated carbocycles. The first-order chi connectivity index (χ1) is 35.7. The third-order valence-corrected chi connectivity index (χ3v) is 11.8. The summed E-state index contributed by atoms with van der Waals surface area (Å²) in [7, 11) is 2.12. The van der Waals surface area contributed by atoms with Gasteiger partial charge in [0.2, 0.25) is 23.7 Å². The maximum absolute atomic E-state index is 12.1. The molecule has 8 aromatic rings. The van der Waals surface area contributed by atoms with Gasteiger partial charge >= 0.3 is 6.09 Å². The Morgan fingerprint density at radius 3 is 1.43 bits per heavy atom. The van der Waals surface area contributed by atoms with E-state index in [4.69, 9.17) is 14.7 Å². The molecular weight excluding hydrogens is 933 g/mol. The van der Waals surface area contributed by atoms with Crippen molar-refractivity contribution in [2.24, 2.45) is 0 Å². The number of hydrogen-bond donors (Lipinski definition) is 6. The molecular formula is C56H56N14O4. The van der Waals surface area contributed by atoms with E-state index in [2.05, 4.69) is 89.1 Å². The highest BCUT2D eigenvalue weighted by atomic mass is 16.6. The predicted molar refractivity (Wildman–Crippen MR) is 293 cm³/mol. The monoisotopic (exact) mass is 988 g/mol. The van der Waals surface area contributed by atoms with Crippen molar-refractivity contribution in [1.82, 2.24) is 39.7 Å². The van der Waals surface area contributed by atoms with E-state index in [9.17, 15) is 14.4 Å². The summed E-state index contributed by atoms with van der Waals surface area (Å²) in [5, 5.41) is 20.8. The number of fused-ring (bicyclic) bond motifs is 2. The van der Waals surface area contributed by atoms with Crippen LogP contribution in [-0.2, 0) is 14.3 Å². The molecule has 0 spiro atoms. The van der Waals surface area contributed by atoms with E-state index in [0.717, 1.165) is 63.3 Å². The van der Waals surface area contributed by atoms with Crippen LogP contribution in [0.4, 0.5) is 50.8 Å². The Balaban J connectivity index is 0.000000184. The molecule has 3 amide bonds. The number of likely N-dealkylation sites (tertiary alicyclic amines) is 2. The molecule has 4 aromatic carbocycles. The maximum atomic E-state index is 12.1. The van der Waals surface area contributed by atoms with Crippen molar-refractivity contribution in [2.75, 3.05) is 65.1 Å². The zero-order chi connectivity index (χ0) is 51.8. The van der Waals surface area contributed by atoms with Crippen LogP contribution in [-0.4, -0.2) is 109 Å². The Hall–Kier alpha value is -9.29. The molecule has 2 aliphatic rings. The molecule has 6 N–H and O–H groups in total. The van der Waals surface area contributed by atoms with Crippen LogP contribution < -0.4 is 31.9 Å². The summed E-state index contributed by atoms with van der Waals surface area (Å²) in [5.74, 6) is 0.372. The summed E-state index contributed by atoms with van der Waals surface area (Å²) in [6.07, 6.45) is 9.15. The van der Waals surface area contributed by atoms with E-state index in [1.807, 2.05) is 112 Å². The van der Waals surface area contributed by atoms with Crippen molar-refractivity contribution in [3.05, 3.63) is 159 Å². The molecule has 2 aliphatic heterocycles. The van der Waals surface area contributed by atoms with Crippen LogP contribution in [0, 0.1) is 0 Å². The van der Waals surface area contributed by atoms with E-state index >= 15 is 0 Å². The Bertz CT molecular complexity index is 3350. The van der Waals surface area contributed by atoms with Crippen LogP contribution in [0.1, 0.15) is 20.8 Å². The largest absolute Gasteiger partial charge is 0.444 e. The second kappa shape index (κ2) is 22.0. The summed E-state index contributed by atoms with van der Waals surface area (Å²) in [4.78, 5) is 67.1. The maximum Gasteiger partial charge on any atom is 0.410 e. The molecule has 6 heterocycles. The number of nitrogens with one attached hydrogen (secondary N) is 6. The third kappa shape index (κ3) is 12.6. The van der Waals surface area contributed by atoms with E-state index in [-0.39, 0.29) is 23.9 Å². The number of likely N-dealkylation sites (N-methyl/N-ethyl adjacent to an activating group) is 1. The average molecular weight is 989 g/mol. The number of nitrogens with zero attached hydrogens (tertiary/aromatic N) is 8. The third-order valence-electron chi connectivity index (χ3n) is 11.8. The number of hydrogen-bond acceptors (Lipinski definition) is 15. The highest BCUT2D eigenvalue weighted by Crippen LogP contribution is 2.31. The van der Waals surface area contributed by atoms with E-state index in [1.165, 1.54) is 12.2 Å². The molecule has 74 heavy (non-hydrogen) atoms. The van der Waals surface area contributed by atoms with Gasteiger partial charge in [0, 0.05) is 107 Å². The van der Waals surface area contributed by atoms with Gasteiger partial charge < -0.3 is 46.4 Å². The fourth-order valence-corrected chi connectivity index (χ4v) is 8.19. The predicted octanol–water partition coefficient (Wildman–Crippen LogP) is 9.88. The number of ether oxygens (including phenoxy) is 1. The molecule has 4 aromatic heterocycles. The lowest BCUT2D eigenvalue weighted by atomic mass is 10.1. The Labute approximate surface area is 428 Å². The molecule has 0 bridgehead atoms. The first-order valence-corrected chi connectivity index (χ1v) is 24.0. The highest BCUT2D eigenvalue weighted by molar-refractivity contribution is 6.01. The molecule has 2 saturated heterocycles. The molecule has 0 radical (unpaired) electrons. The summed E-state index contributed by atoms with van der Waals surface area (Å²) in [6.45, 7) is 15.9. The van der Waals surface area contributed by atoms with Gasteiger partial charge in [-0.1, -0.05) is 37.4 Å². The second-order valence-corrected chi connectivity index (χ2v) is 18.8. The van der Waals surface area contributed by atoms with Crippen molar-refractivity contribution in [1.29, 1.82) is 0 Å². The van der Waals surface area contributed by atoms with Crippen LogP contribution in [0.5, 0.6) is 0 Å². The molecule has 0 aliphatic carbocycles. The van der Waals surface area contributed by atoms with Crippen molar-refractivity contribution in [3.63, 3.8) is 0 Å². The standard InChI is InChI=1S/C30H31N7O3.C26H25N7O/c1-5-25(38)34-23-8-6-7-19(15-23)26-27-20(13-14-31-26)16-32-28(36-27)35-22-11-9-21(10-12-22)33-24-17-37(18-24)29(39)40-30(2,3)4;1-3-23(34)30-21-6-4-5-17(13-21)24-25-18(11-12-27-24)14-28-26(32-25)31-20-9-7-19(8-10-20)29-22-15-33(2)16-22/h5-16,24,33H,1,17-18H2,2-4H3,(H,34,38)(H,32,35,36);3-14,22,29H,1,15-16H2,2H3,(H,30,34)(H,28,31,32). The van der Waals surface area contributed by atoms with Crippen LogP contribution in [0.2, 0.25) is 0 Å². The minimum Gasteiger partial charge on any atom is -0.444 e. The minimum absolute atomic E-state index is 0.171. The highest BCUT2D eigenvalue weighted by Gasteiger charge is 2.33. The van der Waals surface area contributed by atoms with Crippen molar-refractivity contribution in [3.8, 4) is 22.5 Å². The Kier molecular flexibility index (Phi) is 14.8. The number of anilines is 8. The summed E-state index contributed by atoms with van der Waals surface area (Å²) >= 11 is 0. The number of rotatable bonds is 14. The second-order valence-electron chi connectivity index (χ2n) is 18.8. The number of amides is 3. The van der Waals surface area contributed by atoms with Crippen LogP contribution >= 0.6 is 0 Å². The zero-order valence-corrected chi connectivity index (χ0v) is 41.5. The van der Waals surface area contributed by atoms with E-state index in [0.29, 0.717) is 59.3 Å². The molecule has 0 atom stereocenters. The van der Waals surface area contributed by atoms with Gasteiger partial charge in [-0.2, -0.15) is 0 Å². The Morgan fingerprint density at radius 2 is 1.01 bits per heavy atom. The lowest BCUT2D eigenvalue weighted by molar-refractivity contribution is -0.112. The van der Waals surface area contributed by atoms with Crippen molar-refractivity contribution < 1.29 is 19.1 Å². The SMILES string of the molecule is C=CC(=O)Nc1cccc(-c2nccc3cnc(Nc4ccc(NC5CN(C(=O)OC(C)(C)C)C5)cc4)nc23)c1.C=CC(=O)Nc1cccc(-c2nccc3cnc(Nc4ccc(NC5CN(C)C5)cc4)nc23)c1. The van der Waals surface area contributed by atoms with Gasteiger partial charge in [0.25, 0.3) is 0 Å². The van der Waals surface area contributed by atoms with Crippen LogP contribution in [0.25, 0.3) is 44.3 Å². The number of aromatic nitrogens is 6. The minimum atomic E-state index is -0.499. The number of pyridine rings is 2. The first kappa shape index (κ1) is 49.7. The fraction of sp³-hybridized carbons (Fsp3) is 0.196. The normalized spacial score (nSPS) is 13.5. The van der Waals surface area contributed by atoms with Crippen LogP contribution in [0.3, 0.4) is 0 Å². The van der Waals surface area contributed by atoms with Crippen molar-refractivity contribution in [2.45, 2.75) is 38.5 Å². The van der Waals surface area contributed by atoms with Gasteiger partial charge in [-0.05, 0) is 125 Å². The van der Waals surface area contributed by atoms with Gasteiger partial charge in [-0.15, -0.1) is 0 Å². The zero-order valence-electron chi connectivity index (χ0n) is 41.5. The summed E-state index contributed by atoms with van der Waals surface area (Å²) < 4.78 is 5.41. The smallest absolute Gasteiger partial charge is 0.410 e. The molecule has 10 rings (SSSR count). The van der Waals surface area contributed by atoms with Gasteiger partial charge in [-0.25, -0.2) is 24.7 Å².